The van der Waals surface area contributed by atoms with Gasteiger partial charge in [0.25, 0.3) is 5.91 Å². The fraction of sp³-hybridized carbons (Fsp3) is 0.111. The van der Waals surface area contributed by atoms with Crippen molar-refractivity contribution in [2.75, 3.05) is 11.9 Å². The van der Waals surface area contributed by atoms with Crippen LogP contribution in [0.3, 0.4) is 0 Å². The lowest BCUT2D eigenvalue weighted by Crippen LogP contribution is -2.20. The first-order valence-corrected chi connectivity index (χ1v) is 7.30. The smallest absolute Gasteiger partial charge is 0.262 e. The van der Waals surface area contributed by atoms with E-state index in [2.05, 4.69) is 10.4 Å². The van der Waals surface area contributed by atoms with Crippen LogP contribution in [0.5, 0.6) is 5.75 Å². The summed E-state index contributed by atoms with van der Waals surface area (Å²) in [6.07, 6.45) is 3.56. The number of benzene rings is 2. The van der Waals surface area contributed by atoms with Crippen LogP contribution in [-0.4, -0.2) is 22.3 Å². The van der Waals surface area contributed by atoms with E-state index in [0.717, 1.165) is 11.3 Å². The lowest BCUT2D eigenvalue weighted by molar-refractivity contribution is -0.118. The number of ether oxygens (including phenoxy) is 1. The lowest BCUT2D eigenvalue weighted by Gasteiger charge is -2.09. The van der Waals surface area contributed by atoms with E-state index in [1.807, 2.05) is 67.7 Å². The van der Waals surface area contributed by atoms with Gasteiger partial charge in [0.1, 0.15) is 5.75 Å². The van der Waals surface area contributed by atoms with Gasteiger partial charge in [0.2, 0.25) is 0 Å². The summed E-state index contributed by atoms with van der Waals surface area (Å²) in [5.74, 6) is 0.481. The quantitative estimate of drug-likeness (QED) is 0.787. The molecule has 1 heterocycles. The van der Waals surface area contributed by atoms with Gasteiger partial charge in [-0.2, -0.15) is 5.10 Å². The first-order chi connectivity index (χ1) is 11.2. The van der Waals surface area contributed by atoms with Crippen molar-refractivity contribution in [2.24, 2.45) is 0 Å². The van der Waals surface area contributed by atoms with Crippen LogP contribution >= 0.6 is 0 Å². The van der Waals surface area contributed by atoms with Gasteiger partial charge >= 0.3 is 0 Å². The third-order valence-electron chi connectivity index (χ3n) is 3.26. The van der Waals surface area contributed by atoms with Crippen molar-refractivity contribution in [3.05, 3.63) is 72.6 Å². The maximum absolute atomic E-state index is 12.0. The number of aromatic nitrogens is 2. The number of hydrogen-bond acceptors (Lipinski definition) is 3. The Morgan fingerprint density at radius 3 is 2.83 bits per heavy atom. The molecule has 0 bridgehead atoms. The molecule has 1 N–H and O–H groups in total. The Bertz CT molecular complexity index is 798. The molecule has 0 unspecified atom stereocenters. The molecule has 0 atom stereocenters. The first kappa shape index (κ1) is 14.8. The molecule has 1 amide bonds. The molecule has 0 spiro atoms. The number of nitrogens with zero attached hydrogens (tertiary/aromatic N) is 2. The minimum Gasteiger partial charge on any atom is -0.484 e. The van der Waals surface area contributed by atoms with Crippen LogP contribution in [0.2, 0.25) is 0 Å². The molecule has 0 radical (unpaired) electrons. The second-order valence-corrected chi connectivity index (χ2v) is 5.15. The van der Waals surface area contributed by atoms with Gasteiger partial charge in [-0.05, 0) is 48.9 Å². The van der Waals surface area contributed by atoms with Crippen molar-refractivity contribution in [3.63, 3.8) is 0 Å². The number of hydrogen-bond donors (Lipinski definition) is 1. The molecule has 5 heteroatoms. The second kappa shape index (κ2) is 6.79. The summed E-state index contributed by atoms with van der Waals surface area (Å²) in [5, 5.41) is 6.99. The third kappa shape index (κ3) is 3.97. The molecule has 5 nitrogen and oxygen atoms in total. The average molecular weight is 307 g/mol. The summed E-state index contributed by atoms with van der Waals surface area (Å²) >= 11 is 0. The van der Waals surface area contributed by atoms with Crippen LogP contribution in [0.4, 0.5) is 5.69 Å². The molecule has 0 saturated carbocycles. The molecular formula is C18H17N3O2. The summed E-state index contributed by atoms with van der Waals surface area (Å²) in [5.41, 5.74) is 2.68. The topological polar surface area (TPSA) is 56.1 Å². The summed E-state index contributed by atoms with van der Waals surface area (Å²) in [7, 11) is 0. The van der Waals surface area contributed by atoms with E-state index in [0.29, 0.717) is 11.4 Å². The molecule has 23 heavy (non-hydrogen) atoms. The summed E-state index contributed by atoms with van der Waals surface area (Å²) in [4.78, 5) is 12.0. The minimum atomic E-state index is -0.205. The Hall–Kier alpha value is -3.08. The number of amides is 1. The van der Waals surface area contributed by atoms with Gasteiger partial charge in [0.15, 0.2) is 6.61 Å². The molecule has 0 aliphatic rings. The normalized spacial score (nSPS) is 10.3. The number of aryl methyl sites for hydroxylation is 1. The van der Waals surface area contributed by atoms with Crippen LogP contribution in [0.15, 0.2) is 67.0 Å². The average Bonchev–Trinajstić information content (AvgIpc) is 3.08. The molecule has 3 rings (SSSR count). The Morgan fingerprint density at radius 1 is 1.17 bits per heavy atom. The van der Waals surface area contributed by atoms with E-state index >= 15 is 0 Å². The molecule has 0 saturated heterocycles. The fourth-order valence-corrected chi connectivity index (χ4v) is 2.20. The van der Waals surface area contributed by atoms with Crippen LogP contribution in [0.25, 0.3) is 5.69 Å². The standard InChI is InChI=1S/C18H17N3O2/c1-14-5-2-8-17(11-14)23-13-18(22)20-15-6-3-7-16(12-15)21-10-4-9-19-21/h2-12H,13H2,1H3,(H,20,22). The Morgan fingerprint density at radius 2 is 2.04 bits per heavy atom. The number of anilines is 1. The first-order valence-electron chi connectivity index (χ1n) is 7.30. The molecule has 0 fully saturated rings. The van der Waals surface area contributed by atoms with E-state index < -0.39 is 0 Å². The highest BCUT2D eigenvalue weighted by molar-refractivity contribution is 5.92. The van der Waals surface area contributed by atoms with Crippen LogP contribution in [0.1, 0.15) is 5.56 Å². The lowest BCUT2D eigenvalue weighted by atomic mass is 10.2. The van der Waals surface area contributed by atoms with E-state index in [1.54, 1.807) is 10.9 Å². The molecule has 0 aliphatic carbocycles. The largest absolute Gasteiger partial charge is 0.484 e. The maximum Gasteiger partial charge on any atom is 0.262 e. The van der Waals surface area contributed by atoms with Gasteiger partial charge < -0.3 is 10.1 Å². The zero-order valence-electron chi connectivity index (χ0n) is 12.8. The van der Waals surface area contributed by atoms with Crippen molar-refractivity contribution in [1.29, 1.82) is 0 Å². The maximum atomic E-state index is 12.0. The predicted octanol–water partition coefficient (Wildman–Crippen LogP) is 3.20. The second-order valence-electron chi connectivity index (χ2n) is 5.15. The monoisotopic (exact) mass is 307 g/mol. The molecule has 0 aliphatic heterocycles. The summed E-state index contributed by atoms with van der Waals surface area (Å²) in [6, 6.07) is 16.9. The van der Waals surface area contributed by atoms with Crippen molar-refractivity contribution in [3.8, 4) is 11.4 Å². The SMILES string of the molecule is Cc1cccc(OCC(=O)Nc2cccc(-n3cccn3)c2)c1. The Balaban J connectivity index is 1.61. The van der Waals surface area contributed by atoms with Gasteiger partial charge in [-0.15, -0.1) is 0 Å². The van der Waals surface area contributed by atoms with Crippen molar-refractivity contribution in [1.82, 2.24) is 9.78 Å². The van der Waals surface area contributed by atoms with Gasteiger partial charge in [0.05, 0.1) is 5.69 Å². The highest BCUT2D eigenvalue weighted by Crippen LogP contribution is 2.15. The Labute approximate surface area is 134 Å². The number of carbonyl (C=O) groups is 1. The molecular weight excluding hydrogens is 290 g/mol. The minimum absolute atomic E-state index is 0.0323. The van der Waals surface area contributed by atoms with Crippen molar-refractivity contribution >= 4 is 11.6 Å². The van der Waals surface area contributed by atoms with E-state index in [-0.39, 0.29) is 12.5 Å². The molecule has 3 aromatic rings. The zero-order valence-corrected chi connectivity index (χ0v) is 12.8. The van der Waals surface area contributed by atoms with Crippen LogP contribution in [0, 0.1) is 6.92 Å². The van der Waals surface area contributed by atoms with Gasteiger partial charge in [-0.25, -0.2) is 4.68 Å². The van der Waals surface area contributed by atoms with E-state index in [1.165, 1.54) is 0 Å². The molecule has 2 aromatic carbocycles. The van der Waals surface area contributed by atoms with Gasteiger partial charge in [-0.1, -0.05) is 18.2 Å². The fourth-order valence-electron chi connectivity index (χ4n) is 2.20. The highest BCUT2D eigenvalue weighted by atomic mass is 16.5. The number of rotatable bonds is 5. The number of nitrogens with one attached hydrogen (secondary N) is 1. The zero-order chi connectivity index (χ0) is 16.1. The third-order valence-corrected chi connectivity index (χ3v) is 3.26. The van der Waals surface area contributed by atoms with Gasteiger partial charge in [-0.3, -0.25) is 4.79 Å². The molecule has 116 valence electrons. The summed E-state index contributed by atoms with van der Waals surface area (Å²) < 4.78 is 7.23. The molecule has 1 aromatic heterocycles. The van der Waals surface area contributed by atoms with Crippen molar-refractivity contribution < 1.29 is 9.53 Å². The predicted molar refractivity (Wildman–Crippen MR) is 88.9 cm³/mol. The highest BCUT2D eigenvalue weighted by Gasteiger charge is 2.05. The van der Waals surface area contributed by atoms with Crippen molar-refractivity contribution in [2.45, 2.75) is 6.92 Å². The number of carbonyl (C=O) groups excluding carboxylic acids is 1. The Kier molecular flexibility index (Phi) is 4.38. The van der Waals surface area contributed by atoms with Gasteiger partial charge in [0, 0.05) is 18.1 Å². The van der Waals surface area contributed by atoms with Crippen LogP contribution < -0.4 is 10.1 Å². The van der Waals surface area contributed by atoms with E-state index in [4.69, 9.17) is 4.74 Å². The summed E-state index contributed by atoms with van der Waals surface area (Å²) in [6.45, 7) is 1.95. The van der Waals surface area contributed by atoms with Crippen LogP contribution in [-0.2, 0) is 4.79 Å². The van der Waals surface area contributed by atoms with E-state index in [9.17, 15) is 4.79 Å².